The maximum atomic E-state index is 11.6. The number of hydrogen-bond donors (Lipinski definition) is 1. The molecule has 7 nitrogen and oxygen atoms in total. The van der Waals surface area contributed by atoms with E-state index in [2.05, 4.69) is 15.0 Å². The van der Waals surface area contributed by atoms with E-state index < -0.39 is 6.10 Å². The van der Waals surface area contributed by atoms with Crippen LogP contribution in [-0.2, 0) is 22.5 Å². The number of halogens is 1. The summed E-state index contributed by atoms with van der Waals surface area (Å²) in [5.74, 6) is 0.703. The van der Waals surface area contributed by atoms with Crippen LogP contribution in [0.15, 0.2) is 53.1 Å². The molecule has 176 valence electrons. The zero-order valence-corrected chi connectivity index (χ0v) is 19.8. The Bertz CT molecular complexity index is 1030. The molecule has 8 heteroatoms. The number of carbonyl (C=O) groups is 1. The van der Waals surface area contributed by atoms with Gasteiger partial charge in [-0.05, 0) is 30.5 Å². The van der Waals surface area contributed by atoms with Gasteiger partial charge in [0.15, 0.2) is 0 Å². The highest BCUT2D eigenvalue weighted by Crippen LogP contribution is 2.23. The molecule has 0 aliphatic rings. The number of aliphatic hydroxyl groups excluding tert-OH is 1. The van der Waals surface area contributed by atoms with E-state index in [1.807, 2.05) is 62.4 Å². The van der Waals surface area contributed by atoms with Gasteiger partial charge in [0, 0.05) is 43.1 Å². The number of aliphatic hydroxyl groups is 1. The van der Waals surface area contributed by atoms with Crippen molar-refractivity contribution in [2.45, 2.75) is 45.8 Å². The van der Waals surface area contributed by atoms with Crippen LogP contribution in [0.4, 0.5) is 0 Å². The van der Waals surface area contributed by atoms with Crippen molar-refractivity contribution >= 4 is 17.6 Å². The summed E-state index contributed by atoms with van der Waals surface area (Å²) >= 11 is 6.21. The highest BCUT2D eigenvalue weighted by Gasteiger charge is 2.17. The second kappa shape index (κ2) is 12.5. The van der Waals surface area contributed by atoms with Gasteiger partial charge in [0.2, 0.25) is 11.7 Å². The van der Waals surface area contributed by atoms with Crippen LogP contribution in [0.2, 0.25) is 5.02 Å². The zero-order valence-electron chi connectivity index (χ0n) is 19.0. The zero-order chi connectivity index (χ0) is 23.6. The van der Waals surface area contributed by atoms with Crippen LogP contribution in [0.5, 0.6) is 0 Å². The average Bonchev–Trinajstić information content (AvgIpc) is 3.28. The van der Waals surface area contributed by atoms with E-state index in [0.717, 1.165) is 23.1 Å². The molecule has 0 aliphatic carbocycles. The highest BCUT2D eigenvalue weighted by atomic mass is 35.5. The number of hydrogen-bond acceptors (Lipinski definition) is 7. The number of rotatable bonds is 12. The van der Waals surface area contributed by atoms with Crippen molar-refractivity contribution in [1.82, 2.24) is 15.0 Å². The Hall–Kier alpha value is -2.74. The lowest BCUT2D eigenvalue weighted by Crippen LogP contribution is -2.36. The largest absolute Gasteiger partial charge is 0.463 e. The number of carbonyl (C=O) groups excluding carboxylic acids is 1. The van der Waals surface area contributed by atoms with Gasteiger partial charge in [0.1, 0.15) is 12.7 Å². The Labute approximate surface area is 199 Å². The molecule has 0 bridgehead atoms. The molecule has 0 saturated heterocycles. The fourth-order valence-corrected chi connectivity index (χ4v) is 3.53. The molecular weight excluding hydrogens is 442 g/mol. The number of aromatic nitrogens is 2. The van der Waals surface area contributed by atoms with E-state index in [0.29, 0.717) is 49.2 Å². The van der Waals surface area contributed by atoms with Crippen LogP contribution in [0.25, 0.3) is 11.4 Å². The molecular formula is C25H30ClN3O4. The average molecular weight is 472 g/mol. The molecule has 0 saturated carbocycles. The third-order valence-electron chi connectivity index (χ3n) is 5.15. The van der Waals surface area contributed by atoms with Crippen LogP contribution >= 0.6 is 11.6 Å². The van der Waals surface area contributed by atoms with E-state index in [9.17, 15) is 9.90 Å². The summed E-state index contributed by atoms with van der Waals surface area (Å²) in [6.07, 6.45) is 0.798. The van der Waals surface area contributed by atoms with E-state index in [4.69, 9.17) is 20.9 Å². The van der Waals surface area contributed by atoms with Crippen LogP contribution in [-0.4, -0.2) is 51.9 Å². The van der Waals surface area contributed by atoms with Crippen molar-refractivity contribution in [3.05, 3.63) is 70.6 Å². The summed E-state index contributed by atoms with van der Waals surface area (Å²) in [4.78, 5) is 18.2. The quantitative estimate of drug-likeness (QED) is 0.390. The van der Waals surface area contributed by atoms with Gasteiger partial charge in [0.05, 0.1) is 0 Å². The van der Waals surface area contributed by atoms with Gasteiger partial charge in [0.25, 0.3) is 0 Å². The molecule has 0 spiro atoms. The molecule has 3 aromatic rings. The predicted octanol–water partition coefficient (Wildman–Crippen LogP) is 4.45. The van der Waals surface area contributed by atoms with Crippen LogP contribution in [0, 0.1) is 6.92 Å². The first-order valence-corrected chi connectivity index (χ1v) is 11.5. The predicted molar refractivity (Wildman–Crippen MR) is 127 cm³/mol. The minimum Gasteiger partial charge on any atom is -0.463 e. The maximum absolute atomic E-state index is 11.6. The van der Waals surface area contributed by atoms with Gasteiger partial charge >= 0.3 is 5.97 Å². The second-order valence-electron chi connectivity index (χ2n) is 8.03. The third kappa shape index (κ3) is 7.96. The smallest absolute Gasteiger partial charge is 0.305 e. The van der Waals surface area contributed by atoms with Crippen molar-refractivity contribution in [2.24, 2.45) is 0 Å². The maximum Gasteiger partial charge on any atom is 0.305 e. The summed E-state index contributed by atoms with van der Waals surface area (Å²) in [5, 5.41) is 15.2. The number of nitrogens with zero attached hydrogens (tertiary/aromatic N) is 3. The number of aryl methyl sites for hydroxylation is 1. The molecule has 0 amide bonds. The van der Waals surface area contributed by atoms with Crippen molar-refractivity contribution in [2.75, 3.05) is 19.7 Å². The van der Waals surface area contributed by atoms with Crippen LogP contribution in [0.1, 0.15) is 36.8 Å². The Kier molecular flexibility index (Phi) is 9.42. The first-order valence-electron chi connectivity index (χ1n) is 11.1. The Morgan fingerprint density at radius 2 is 2.03 bits per heavy atom. The first kappa shape index (κ1) is 24.9. The Morgan fingerprint density at radius 3 is 2.76 bits per heavy atom. The van der Waals surface area contributed by atoms with E-state index in [1.54, 1.807) is 0 Å². The molecule has 1 atom stereocenters. The van der Waals surface area contributed by atoms with Crippen LogP contribution in [0.3, 0.4) is 0 Å². The van der Waals surface area contributed by atoms with Gasteiger partial charge in [-0.25, -0.2) is 0 Å². The minimum atomic E-state index is -0.789. The molecule has 0 fully saturated rings. The summed E-state index contributed by atoms with van der Waals surface area (Å²) in [6, 6.07) is 15.6. The number of esters is 1. The molecule has 33 heavy (non-hydrogen) atoms. The van der Waals surface area contributed by atoms with Crippen molar-refractivity contribution in [3.8, 4) is 11.4 Å². The number of ether oxygens (including phenoxy) is 1. The first-order chi connectivity index (χ1) is 15.9. The monoisotopic (exact) mass is 471 g/mol. The fraction of sp³-hybridized carbons (Fsp3) is 0.400. The molecule has 1 aromatic heterocycles. The normalized spacial score (nSPS) is 12.2. The summed E-state index contributed by atoms with van der Waals surface area (Å²) in [7, 11) is 0. The van der Waals surface area contributed by atoms with E-state index >= 15 is 0 Å². The lowest BCUT2D eigenvalue weighted by atomic mass is 10.1. The molecule has 0 aliphatic heterocycles. The van der Waals surface area contributed by atoms with Gasteiger partial charge in [-0.3, -0.25) is 9.69 Å². The van der Waals surface area contributed by atoms with Crippen LogP contribution < -0.4 is 0 Å². The number of benzene rings is 2. The Morgan fingerprint density at radius 1 is 1.24 bits per heavy atom. The van der Waals surface area contributed by atoms with Gasteiger partial charge < -0.3 is 14.4 Å². The molecule has 1 heterocycles. The van der Waals surface area contributed by atoms with E-state index in [-0.39, 0.29) is 12.6 Å². The van der Waals surface area contributed by atoms with E-state index in [1.165, 1.54) is 0 Å². The topological polar surface area (TPSA) is 88.7 Å². The van der Waals surface area contributed by atoms with Crippen molar-refractivity contribution in [1.29, 1.82) is 0 Å². The third-order valence-corrected chi connectivity index (χ3v) is 5.56. The van der Waals surface area contributed by atoms with Gasteiger partial charge in [-0.15, -0.1) is 0 Å². The summed E-state index contributed by atoms with van der Waals surface area (Å²) < 4.78 is 10.6. The highest BCUT2D eigenvalue weighted by molar-refractivity contribution is 6.31. The summed E-state index contributed by atoms with van der Waals surface area (Å²) in [6.45, 7) is 5.40. The standard InChI is InChI=1S/C25H30ClN3O4/c1-3-7-24(31)32-17-21(30)16-29(15-19-8-5-4-6-9-19)13-12-23-27-25(28-33-23)20-11-10-18(2)22(26)14-20/h4-6,8-11,14,21,30H,3,7,12-13,15-17H2,1-2H3. The molecule has 1 unspecified atom stereocenters. The molecule has 3 rings (SSSR count). The van der Waals surface area contributed by atoms with Crippen molar-refractivity contribution in [3.63, 3.8) is 0 Å². The lowest BCUT2D eigenvalue weighted by Gasteiger charge is -2.24. The van der Waals surface area contributed by atoms with Crippen molar-refractivity contribution < 1.29 is 19.2 Å². The molecule has 1 N–H and O–H groups in total. The fourth-order valence-electron chi connectivity index (χ4n) is 3.35. The minimum absolute atomic E-state index is 0.0248. The Balaban J connectivity index is 1.61. The SMILES string of the molecule is CCCC(=O)OCC(O)CN(CCc1nc(-c2ccc(C)c(Cl)c2)no1)Cc1ccccc1. The molecule has 0 radical (unpaired) electrons. The summed E-state index contributed by atoms with van der Waals surface area (Å²) in [5.41, 5.74) is 2.90. The van der Waals surface area contributed by atoms with Gasteiger partial charge in [-0.1, -0.05) is 66.1 Å². The second-order valence-corrected chi connectivity index (χ2v) is 8.44. The lowest BCUT2D eigenvalue weighted by molar-refractivity contribution is -0.147. The van der Waals surface area contributed by atoms with Gasteiger partial charge in [-0.2, -0.15) is 4.98 Å². The molecule has 2 aromatic carbocycles.